The van der Waals surface area contributed by atoms with Crippen LogP contribution < -0.4 is 25.1 Å². The second kappa shape index (κ2) is 41.2. The Morgan fingerprint density at radius 1 is 0.623 bits per heavy atom. The van der Waals surface area contributed by atoms with Gasteiger partial charge in [0.2, 0.25) is 0 Å². The molecule has 7 N–H and O–H groups in total. The van der Waals surface area contributed by atoms with Crippen LogP contribution in [0.3, 0.4) is 0 Å². The van der Waals surface area contributed by atoms with Gasteiger partial charge in [-0.3, -0.25) is 53.2 Å². The number of hydrogen-bond acceptors (Lipinski definition) is 21. The number of para-hydroxylation sites is 2. The molecule has 3 aliphatic heterocycles. The topological polar surface area (TPSA) is 359 Å². The number of hydrazone groups is 1. The molecule has 3 aliphatic rings. The molecule has 4 heterocycles. The van der Waals surface area contributed by atoms with Crippen LogP contribution in [-0.4, -0.2) is 136 Å². The Morgan fingerprint density at radius 2 is 1.24 bits per heavy atom. The molecule has 0 spiro atoms. The number of phenolic OH excluding ortho intramolecular Hbond substituents is 3. The van der Waals surface area contributed by atoms with E-state index in [1.54, 1.807) is 177 Å². The second-order valence-electron chi connectivity index (χ2n) is 23.6. The Hall–Kier alpha value is -11.6. The zero-order valence-electron chi connectivity index (χ0n) is 59.2. The van der Waals surface area contributed by atoms with Crippen LogP contribution in [0.25, 0.3) is 24.3 Å². The van der Waals surface area contributed by atoms with Gasteiger partial charge in [-0.1, -0.05) is 156 Å². The van der Waals surface area contributed by atoms with E-state index in [1.807, 2.05) is 18.2 Å². The first-order valence-electron chi connectivity index (χ1n) is 33.1. The van der Waals surface area contributed by atoms with Gasteiger partial charge in [0.15, 0.2) is 19.0 Å². The summed E-state index contributed by atoms with van der Waals surface area (Å²) < 4.78 is 18.5. The molecule has 33 heteroatoms. The third-order valence-corrected chi connectivity index (χ3v) is 20.4. The van der Waals surface area contributed by atoms with Crippen molar-refractivity contribution in [1.29, 1.82) is 0 Å². The zero-order chi connectivity index (χ0) is 82.3. The molecular formula is C81H60Br4ClN7O18S3. The van der Waals surface area contributed by atoms with Crippen LogP contribution in [0.5, 0.6) is 28.7 Å². The number of benzene rings is 8. The van der Waals surface area contributed by atoms with Crippen molar-refractivity contribution in [3.63, 3.8) is 0 Å². The molecule has 0 atom stereocenters. The fourth-order valence-electron chi connectivity index (χ4n) is 10.3. The molecular weight excluding hydrogens is 1810 g/mol. The lowest BCUT2D eigenvalue weighted by Gasteiger charge is -2.18. The number of halogens is 5. The van der Waals surface area contributed by atoms with Gasteiger partial charge in [0, 0.05) is 75.6 Å². The van der Waals surface area contributed by atoms with Crippen molar-refractivity contribution in [2.45, 2.75) is 13.5 Å². The number of anilines is 1. The highest BCUT2D eigenvalue weighted by Gasteiger charge is 2.39. The lowest BCUT2D eigenvalue weighted by atomic mass is 10.0. The molecule has 0 saturated carbocycles. The molecule has 0 radical (unpaired) electrons. The van der Waals surface area contributed by atoms with Crippen molar-refractivity contribution >= 4 is 210 Å². The number of thiocarbonyl (C=S) groups is 1. The Morgan fingerprint density at radius 3 is 1.88 bits per heavy atom. The highest BCUT2D eigenvalue weighted by atomic mass is 79.9. The quantitative estimate of drug-likeness (QED) is 0.00827. The van der Waals surface area contributed by atoms with Gasteiger partial charge in [0.25, 0.3) is 34.8 Å². The van der Waals surface area contributed by atoms with E-state index < -0.39 is 54.1 Å². The number of aliphatic carboxylic acids is 2. The highest BCUT2D eigenvalue weighted by molar-refractivity contribution is 9.11. The number of carbonyl (C=O) groups excluding carboxylic acids is 8. The molecule has 2 fully saturated rings. The summed E-state index contributed by atoms with van der Waals surface area (Å²) in [7, 11) is 1.27. The maximum atomic E-state index is 13.1. The number of pyridine rings is 1. The van der Waals surface area contributed by atoms with Gasteiger partial charge in [-0.05, 0) is 191 Å². The van der Waals surface area contributed by atoms with Crippen molar-refractivity contribution in [2.24, 2.45) is 5.10 Å². The van der Waals surface area contributed by atoms with Crippen LogP contribution >= 0.6 is 111 Å². The van der Waals surface area contributed by atoms with Gasteiger partial charge in [-0.25, -0.2) is 19.8 Å². The number of carbonyl (C=O) groups is 10. The number of aromatic hydroxyl groups is 3. The number of nitrogens with one attached hydrogen (secondary N) is 2. The number of Topliss-reactive ketones (excluding diaryl/α,β-unsaturated/α-hetero) is 1. The smallest absolute Gasteiger partial charge is 0.341 e. The van der Waals surface area contributed by atoms with E-state index >= 15 is 0 Å². The number of ketones is 1. The van der Waals surface area contributed by atoms with Gasteiger partial charge in [-0.15, -0.1) is 0 Å². The van der Waals surface area contributed by atoms with E-state index in [4.69, 9.17) is 48.2 Å². The molecule has 0 unspecified atom stereocenters. The standard InChI is InChI=1S/C23H17Br2N3O4.C20H16BrNO4.C20H14ClNO6S.C18H13BrN2O4S2/c24-17-10-16(21(30)18(25)12-17)13-26-28-23(32)19(11-15-8-4-5-9-20(15)29)27-22(31)14-6-2-1-3-7-14;1-12-18(20(25)26-2)16(11-13-5-3-4-6-17(13)23)19(24)22(12)15-9-7-14(21)8-10-15;21-14-5-3-13(4-6-14)16(23)10-22-19(26)17(29-20(22)27)9-12-1-7-15(8-2-12)28-11-18(24)25;19-13-3-4-14(25-10-16(22)23)12(6-13)7-15-17(24)21(18(26)27-15)9-11-2-1-5-20-8-11/h1-13,29-30H,(H,27,31)(H,28,32);3-11,23H,1-2H3;1-9H,10-11H2,(H,24,25);1-8H,9-10H2,(H,22,23)/b19-11-,26-13+;16-11-;17-9-;15-7-. The number of nitrogens with zero attached hydrogens (tertiary/aromatic N) is 5. The van der Waals surface area contributed by atoms with Gasteiger partial charge < -0.3 is 45.1 Å². The van der Waals surface area contributed by atoms with Crippen LogP contribution in [-0.2, 0) is 44.8 Å². The first-order valence-corrected chi connectivity index (χ1v) is 38.7. The second-order valence-corrected chi connectivity index (χ2v) is 30.3. The molecule has 0 aliphatic carbocycles. The number of hydrogen-bond donors (Lipinski definition) is 7. The average Bonchev–Trinajstić information content (AvgIpc) is 1.62. The predicted molar refractivity (Wildman–Crippen MR) is 450 cm³/mol. The minimum Gasteiger partial charge on any atom is -0.507 e. The number of esters is 1. The number of allylic oxidation sites excluding steroid dienone is 1. The number of rotatable bonds is 22. The minimum absolute atomic E-state index is 0.0248. The minimum atomic E-state index is -1.09. The maximum absolute atomic E-state index is 13.1. The first kappa shape index (κ1) is 86.4. The number of thioether (sulfide) groups is 2. The van der Waals surface area contributed by atoms with E-state index in [1.165, 1.54) is 77.4 Å². The van der Waals surface area contributed by atoms with Crippen LogP contribution in [0, 0.1) is 0 Å². The van der Waals surface area contributed by atoms with Gasteiger partial charge in [0.05, 0.1) is 51.8 Å². The summed E-state index contributed by atoms with van der Waals surface area (Å²) in [5, 5.41) is 54.0. The molecule has 2 saturated heterocycles. The SMILES string of the molecule is COC(=O)C1=C(C)N(c2ccc(Br)cc2)C(=O)/C1=C\c1ccccc1O.O=C(N/N=C/c1cc(Br)cc(Br)c1O)/C(=C/c1ccccc1O)NC(=O)c1ccccc1.O=C(O)COc1ccc(/C=C2\SC(=O)N(CC(=O)c3ccc(Cl)cc3)C2=O)cc1.O=C(O)COc1ccc(Br)cc1/C=C1\SC(=S)N(Cc2cccnc2)C1=O. The van der Waals surface area contributed by atoms with E-state index in [0.717, 1.165) is 31.2 Å². The van der Waals surface area contributed by atoms with Crippen LogP contribution in [0.4, 0.5) is 10.5 Å². The lowest BCUT2D eigenvalue weighted by Crippen LogP contribution is -2.33. The zero-order valence-corrected chi connectivity index (χ0v) is 68.8. The summed E-state index contributed by atoms with van der Waals surface area (Å²) >= 11 is 26.4. The first-order chi connectivity index (χ1) is 54.5. The van der Waals surface area contributed by atoms with Crippen molar-refractivity contribution in [3.8, 4) is 28.7 Å². The Kier molecular flexibility index (Phi) is 31.2. The number of carboxylic acids is 2. The van der Waals surface area contributed by atoms with Gasteiger partial charge in [-0.2, -0.15) is 5.10 Å². The molecule has 1 aromatic heterocycles. The molecule has 114 heavy (non-hydrogen) atoms. The fraction of sp³-hybridized carbons (Fsp3) is 0.0741. The fourth-order valence-corrected chi connectivity index (χ4v) is 14.4. The van der Waals surface area contributed by atoms with Crippen LogP contribution in [0.1, 0.15) is 61.0 Å². The lowest BCUT2D eigenvalue weighted by molar-refractivity contribution is -0.140. The summed E-state index contributed by atoms with van der Waals surface area (Å²) in [4.78, 5) is 130. The summed E-state index contributed by atoms with van der Waals surface area (Å²) in [5.41, 5.74) is 7.61. The summed E-state index contributed by atoms with van der Waals surface area (Å²) in [6, 6.07) is 53.3. The Balaban J connectivity index is 0.000000175. The number of ether oxygens (including phenoxy) is 3. The number of aromatic nitrogens is 1. The predicted octanol–water partition coefficient (Wildman–Crippen LogP) is 16.0. The molecule has 25 nitrogen and oxygen atoms in total. The molecule has 12 rings (SSSR count). The monoisotopic (exact) mass is 1860 g/mol. The van der Waals surface area contributed by atoms with Crippen molar-refractivity contribution in [2.75, 3.05) is 31.8 Å². The third-order valence-electron chi connectivity index (χ3n) is 15.7. The molecule has 9 aromatic rings. The largest absolute Gasteiger partial charge is 0.507 e. The third kappa shape index (κ3) is 24.0. The number of imide groups is 1. The number of amides is 6. The van der Waals surface area contributed by atoms with Crippen molar-refractivity contribution in [1.82, 2.24) is 25.5 Å². The average molecular weight is 1870 g/mol. The van der Waals surface area contributed by atoms with Gasteiger partial charge >= 0.3 is 17.9 Å². The Labute approximate surface area is 702 Å². The van der Waals surface area contributed by atoms with Crippen molar-refractivity contribution < 1.29 is 87.7 Å². The number of carboxylic acid groups (broad SMARTS) is 2. The molecule has 580 valence electrons. The Bertz CT molecular complexity index is 5430. The van der Waals surface area contributed by atoms with Crippen molar-refractivity contribution in [3.05, 3.63) is 306 Å². The van der Waals surface area contributed by atoms with Gasteiger partial charge in [0.1, 0.15) is 38.8 Å². The van der Waals surface area contributed by atoms with Crippen LogP contribution in [0.15, 0.2) is 262 Å². The number of phenols is 3. The van der Waals surface area contributed by atoms with E-state index in [2.05, 4.69) is 84.5 Å². The van der Waals surface area contributed by atoms with Crippen LogP contribution in [0.2, 0.25) is 5.02 Å². The highest BCUT2D eigenvalue weighted by Crippen LogP contribution is 2.40. The maximum Gasteiger partial charge on any atom is 0.341 e. The summed E-state index contributed by atoms with van der Waals surface area (Å²) in [6.45, 7) is 0.754. The summed E-state index contributed by atoms with van der Waals surface area (Å²) in [5.74, 6) is -4.80. The van der Waals surface area contributed by atoms with E-state index in [9.17, 15) is 63.3 Å². The number of methoxy groups -OCH3 is 1. The normalized spacial score (nSPS) is 14.3. The summed E-state index contributed by atoms with van der Waals surface area (Å²) in [6.07, 6.45) is 10.6. The van der Waals surface area contributed by atoms with E-state index in [-0.39, 0.29) is 63.1 Å². The molecule has 8 aromatic carbocycles. The molecule has 0 bridgehead atoms. The van der Waals surface area contributed by atoms with E-state index in [0.29, 0.717) is 91.6 Å². The molecule has 6 amide bonds.